The number of benzene rings is 1. The second-order valence-corrected chi connectivity index (χ2v) is 6.97. The quantitative estimate of drug-likeness (QED) is 0.610. The van der Waals surface area contributed by atoms with Gasteiger partial charge in [0, 0.05) is 6.54 Å². The molecule has 0 N–H and O–H groups in total. The van der Waals surface area contributed by atoms with Gasteiger partial charge < -0.3 is 14.4 Å². The Morgan fingerprint density at radius 2 is 1.96 bits per heavy atom. The summed E-state index contributed by atoms with van der Waals surface area (Å²) in [6, 6.07) is 8.00. The summed E-state index contributed by atoms with van der Waals surface area (Å²) in [5.41, 5.74) is 3.01. The van der Waals surface area contributed by atoms with Crippen LogP contribution in [0.2, 0.25) is 0 Å². The predicted molar refractivity (Wildman–Crippen MR) is 96.0 cm³/mol. The zero-order chi connectivity index (χ0) is 17.9. The van der Waals surface area contributed by atoms with Gasteiger partial charge in [-0.25, -0.2) is 9.59 Å². The Labute approximate surface area is 144 Å². The number of methoxy groups -OCH3 is 1. The van der Waals surface area contributed by atoms with E-state index in [2.05, 4.69) is 0 Å². The smallest absolute Gasteiger partial charge is 0.410 e. The van der Waals surface area contributed by atoms with Gasteiger partial charge in [0.1, 0.15) is 13.4 Å². The summed E-state index contributed by atoms with van der Waals surface area (Å²) in [5, 5.41) is 0. The summed E-state index contributed by atoms with van der Waals surface area (Å²) in [6.45, 7) is 6.18. The minimum atomic E-state index is -0.566. The molecule has 0 aromatic heterocycles. The van der Waals surface area contributed by atoms with E-state index < -0.39 is 17.7 Å². The molecule has 1 aromatic carbocycles. The summed E-state index contributed by atoms with van der Waals surface area (Å²) in [6.07, 6.45) is 0.180. The van der Waals surface area contributed by atoms with Crippen LogP contribution in [0, 0.1) is 0 Å². The van der Waals surface area contributed by atoms with Crippen molar-refractivity contribution in [2.45, 2.75) is 32.8 Å². The Balaban J connectivity index is 2.32. The zero-order valence-corrected chi connectivity index (χ0v) is 15.0. The first-order valence-corrected chi connectivity index (χ1v) is 8.06. The topological polar surface area (TPSA) is 55.8 Å². The van der Waals surface area contributed by atoms with Crippen LogP contribution in [-0.4, -0.2) is 50.6 Å². The van der Waals surface area contributed by atoms with Crippen LogP contribution in [-0.2, 0) is 14.3 Å². The Kier molecular flexibility index (Phi) is 5.37. The Hall–Kier alpha value is -2.24. The molecular weight excluding hydrogens is 305 g/mol. The van der Waals surface area contributed by atoms with Crippen LogP contribution in [0.15, 0.2) is 29.8 Å². The number of rotatable bonds is 2. The van der Waals surface area contributed by atoms with Crippen molar-refractivity contribution in [3.05, 3.63) is 35.4 Å². The molecule has 0 fully saturated rings. The number of nitrogens with zero attached hydrogens (tertiary/aromatic N) is 1. The molecule has 6 heteroatoms. The molecule has 0 spiro atoms. The molecule has 1 aliphatic rings. The highest BCUT2D eigenvalue weighted by molar-refractivity contribution is 6.32. The maximum Gasteiger partial charge on any atom is 0.410 e. The molecule has 0 aliphatic carbocycles. The van der Waals surface area contributed by atoms with E-state index in [0.717, 1.165) is 16.6 Å². The van der Waals surface area contributed by atoms with Crippen molar-refractivity contribution in [1.82, 2.24) is 4.90 Å². The molecule has 0 saturated carbocycles. The lowest BCUT2D eigenvalue weighted by molar-refractivity contribution is -0.136. The summed E-state index contributed by atoms with van der Waals surface area (Å²) in [5.74, 6) is -0.403. The van der Waals surface area contributed by atoms with Gasteiger partial charge in [0.25, 0.3) is 0 Å². The van der Waals surface area contributed by atoms with E-state index in [-0.39, 0.29) is 6.54 Å². The SMILES string of the molecule is Bc1cccc(C2=C(C(=O)OC)CN(C(=O)OC(C)(C)C)CC2)c1. The Bertz CT molecular complexity index is 676. The Morgan fingerprint density at radius 3 is 2.54 bits per heavy atom. The summed E-state index contributed by atoms with van der Waals surface area (Å²) < 4.78 is 10.3. The molecule has 24 heavy (non-hydrogen) atoms. The van der Waals surface area contributed by atoms with Crippen molar-refractivity contribution in [3.63, 3.8) is 0 Å². The number of ether oxygens (including phenoxy) is 2. The normalized spacial score (nSPS) is 15.2. The van der Waals surface area contributed by atoms with Crippen molar-refractivity contribution in [2.75, 3.05) is 20.2 Å². The zero-order valence-electron chi connectivity index (χ0n) is 15.0. The summed E-state index contributed by atoms with van der Waals surface area (Å²) >= 11 is 0. The van der Waals surface area contributed by atoms with Crippen LogP contribution in [0.25, 0.3) is 5.57 Å². The molecule has 1 amide bonds. The van der Waals surface area contributed by atoms with Gasteiger partial charge in [-0.05, 0) is 38.3 Å². The second-order valence-electron chi connectivity index (χ2n) is 6.97. The van der Waals surface area contributed by atoms with E-state index in [1.54, 1.807) is 4.90 Å². The largest absolute Gasteiger partial charge is 0.466 e. The van der Waals surface area contributed by atoms with Gasteiger partial charge in [0.2, 0.25) is 0 Å². The minimum Gasteiger partial charge on any atom is -0.466 e. The fourth-order valence-corrected chi connectivity index (χ4v) is 2.71. The monoisotopic (exact) mass is 329 g/mol. The fourth-order valence-electron chi connectivity index (χ4n) is 2.71. The molecule has 1 aromatic rings. The number of esters is 1. The van der Waals surface area contributed by atoms with Gasteiger partial charge in [-0.2, -0.15) is 0 Å². The molecule has 5 nitrogen and oxygen atoms in total. The van der Waals surface area contributed by atoms with Crippen molar-refractivity contribution in [3.8, 4) is 0 Å². The number of amides is 1. The third-order valence-corrected chi connectivity index (χ3v) is 3.79. The van der Waals surface area contributed by atoms with E-state index >= 15 is 0 Å². The van der Waals surface area contributed by atoms with Crippen LogP contribution in [0.5, 0.6) is 0 Å². The molecule has 0 radical (unpaired) electrons. The highest BCUT2D eigenvalue weighted by atomic mass is 16.6. The van der Waals surface area contributed by atoms with Gasteiger partial charge in [-0.15, -0.1) is 0 Å². The number of hydrogen-bond acceptors (Lipinski definition) is 4. The Morgan fingerprint density at radius 1 is 1.25 bits per heavy atom. The molecular formula is C18H24BNO4. The first kappa shape index (κ1) is 18.1. The number of hydrogen-bond donors (Lipinski definition) is 0. The maximum atomic E-state index is 12.3. The van der Waals surface area contributed by atoms with Crippen molar-refractivity contribution in [2.24, 2.45) is 0 Å². The standard InChI is InChI=1S/C18H24BNO4/c1-18(2,3)24-17(22)20-9-8-14(15(11-20)16(21)23-4)12-6-5-7-13(19)10-12/h5-7,10H,8-9,11,19H2,1-4H3. The average Bonchev–Trinajstić information content (AvgIpc) is 2.52. The van der Waals surface area contributed by atoms with Gasteiger partial charge in [-0.1, -0.05) is 29.7 Å². The lowest BCUT2D eigenvalue weighted by Crippen LogP contribution is -2.42. The molecule has 128 valence electrons. The first-order valence-electron chi connectivity index (χ1n) is 8.06. The van der Waals surface area contributed by atoms with Crippen molar-refractivity contribution in [1.29, 1.82) is 0 Å². The molecule has 1 aliphatic heterocycles. The predicted octanol–water partition coefficient (Wildman–Crippen LogP) is 1.51. The third-order valence-electron chi connectivity index (χ3n) is 3.79. The van der Waals surface area contributed by atoms with E-state index in [1.807, 2.05) is 52.9 Å². The molecule has 0 saturated heterocycles. The van der Waals surface area contributed by atoms with E-state index in [4.69, 9.17) is 9.47 Å². The molecule has 0 atom stereocenters. The van der Waals surface area contributed by atoms with Crippen LogP contribution in [0.4, 0.5) is 4.79 Å². The average molecular weight is 329 g/mol. The van der Waals surface area contributed by atoms with Crippen LogP contribution in [0.3, 0.4) is 0 Å². The van der Waals surface area contributed by atoms with Crippen molar-refractivity contribution >= 4 is 30.9 Å². The van der Waals surface area contributed by atoms with Crippen molar-refractivity contribution < 1.29 is 19.1 Å². The second kappa shape index (κ2) is 7.12. The van der Waals surface area contributed by atoms with Gasteiger partial charge in [0.15, 0.2) is 0 Å². The minimum absolute atomic E-state index is 0.199. The molecule has 0 bridgehead atoms. The summed E-state index contributed by atoms with van der Waals surface area (Å²) in [4.78, 5) is 26.1. The van der Waals surface area contributed by atoms with E-state index in [9.17, 15) is 9.59 Å². The van der Waals surface area contributed by atoms with Crippen LogP contribution < -0.4 is 5.46 Å². The van der Waals surface area contributed by atoms with Gasteiger partial charge in [0.05, 0.1) is 19.2 Å². The molecule has 1 heterocycles. The lowest BCUT2D eigenvalue weighted by Gasteiger charge is -2.32. The third kappa shape index (κ3) is 4.40. The summed E-state index contributed by atoms with van der Waals surface area (Å²) in [7, 11) is 3.37. The fraction of sp³-hybridized carbons (Fsp3) is 0.444. The van der Waals surface area contributed by atoms with Gasteiger partial charge >= 0.3 is 12.1 Å². The van der Waals surface area contributed by atoms with E-state index in [1.165, 1.54) is 7.11 Å². The first-order chi connectivity index (χ1) is 11.2. The maximum absolute atomic E-state index is 12.3. The number of carbonyl (C=O) groups excluding carboxylic acids is 2. The lowest BCUT2D eigenvalue weighted by atomic mass is 9.88. The van der Waals surface area contributed by atoms with E-state index in [0.29, 0.717) is 18.5 Å². The van der Waals surface area contributed by atoms with Crippen LogP contribution in [0.1, 0.15) is 32.8 Å². The molecule has 0 unspecified atom stereocenters. The van der Waals surface area contributed by atoms with Gasteiger partial charge in [-0.3, -0.25) is 0 Å². The number of carbonyl (C=O) groups is 2. The highest BCUT2D eigenvalue weighted by Crippen LogP contribution is 2.28. The highest BCUT2D eigenvalue weighted by Gasteiger charge is 2.30. The van der Waals surface area contributed by atoms with Crippen LogP contribution >= 0.6 is 0 Å². The molecule has 2 rings (SSSR count).